The highest BCUT2D eigenvalue weighted by molar-refractivity contribution is 14.1. The normalized spacial score (nSPS) is 12.0. The molecule has 68 valence electrons. The van der Waals surface area contributed by atoms with Gasteiger partial charge in [0.15, 0.2) is 0 Å². The molecule has 0 aliphatic heterocycles. The van der Waals surface area contributed by atoms with Crippen LogP contribution in [0.1, 0.15) is 45.4 Å². The Morgan fingerprint density at radius 1 is 1.09 bits per heavy atom. The second-order valence-corrected chi connectivity index (χ2v) is 4.61. The van der Waals surface area contributed by atoms with E-state index >= 15 is 0 Å². The zero-order valence-corrected chi connectivity index (χ0v) is 9.17. The van der Waals surface area contributed by atoms with E-state index in [9.17, 15) is 0 Å². The first-order valence-corrected chi connectivity index (χ1v) is 5.28. The van der Waals surface area contributed by atoms with Gasteiger partial charge < -0.3 is 10.2 Å². The number of hydrogen-bond acceptors (Lipinski definition) is 2. The van der Waals surface area contributed by atoms with Crippen molar-refractivity contribution in [1.29, 1.82) is 0 Å². The van der Waals surface area contributed by atoms with E-state index in [0.717, 1.165) is 12.8 Å². The maximum absolute atomic E-state index is 8.92. The number of aliphatic hydroxyl groups is 2. The van der Waals surface area contributed by atoms with Gasteiger partial charge in [0.25, 0.3) is 0 Å². The molecule has 0 radical (unpaired) electrons. The summed E-state index contributed by atoms with van der Waals surface area (Å²) in [5.74, 6) is 0. The standard InChI is InChI=1S/C8H17IO2/c1-2-3-4-5-6-7-8(9,10)11/h10-11H,2-7H2,1H3. The van der Waals surface area contributed by atoms with Crippen LogP contribution in [0.4, 0.5) is 0 Å². The van der Waals surface area contributed by atoms with Crippen molar-refractivity contribution in [3.63, 3.8) is 0 Å². The molecule has 11 heavy (non-hydrogen) atoms. The molecule has 0 rings (SSSR count). The molecule has 0 saturated carbocycles. The van der Waals surface area contributed by atoms with Crippen LogP contribution in [0.2, 0.25) is 0 Å². The third-order valence-electron chi connectivity index (χ3n) is 1.60. The number of halogens is 1. The summed E-state index contributed by atoms with van der Waals surface area (Å²) >= 11 is 1.65. The maximum atomic E-state index is 8.92. The summed E-state index contributed by atoms with van der Waals surface area (Å²) in [6.07, 6.45) is 6.20. The van der Waals surface area contributed by atoms with E-state index in [1.165, 1.54) is 19.3 Å². The van der Waals surface area contributed by atoms with E-state index in [0.29, 0.717) is 6.42 Å². The van der Waals surface area contributed by atoms with Gasteiger partial charge in [-0.25, -0.2) is 0 Å². The number of hydrogen-bond donors (Lipinski definition) is 2. The van der Waals surface area contributed by atoms with Gasteiger partial charge in [0.05, 0.1) is 0 Å². The molecule has 0 bridgehead atoms. The molecule has 0 aromatic carbocycles. The average Bonchev–Trinajstić information content (AvgIpc) is 1.85. The summed E-state index contributed by atoms with van der Waals surface area (Å²) in [4.78, 5) is 0. The van der Waals surface area contributed by atoms with Gasteiger partial charge in [-0.1, -0.05) is 32.6 Å². The minimum atomic E-state index is -1.48. The van der Waals surface area contributed by atoms with E-state index in [-0.39, 0.29) is 0 Å². The van der Waals surface area contributed by atoms with Crippen LogP contribution in [0, 0.1) is 0 Å². The molecule has 0 fully saturated rings. The summed E-state index contributed by atoms with van der Waals surface area (Å²) in [6.45, 7) is 2.17. The van der Waals surface area contributed by atoms with Crippen molar-refractivity contribution in [2.24, 2.45) is 0 Å². The third-order valence-corrected chi connectivity index (χ3v) is 2.14. The van der Waals surface area contributed by atoms with Crippen molar-refractivity contribution in [2.45, 2.75) is 49.2 Å². The van der Waals surface area contributed by atoms with Crippen LogP contribution in [0.3, 0.4) is 0 Å². The molecule has 0 spiro atoms. The van der Waals surface area contributed by atoms with Gasteiger partial charge in [0, 0.05) is 6.42 Å². The molecule has 3 heteroatoms. The highest BCUT2D eigenvalue weighted by Crippen LogP contribution is 2.19. The van der Waals surface area contributed by atoms with Gasteiger partial charge in [0.1, 0.15) is 0 Å². The van der Waals surface area contributed by atoms with Crippen molar-refractivity contribution in [2.75, 3.05) is 0 Å². The fraction of sp³-hybridized carbons (Fsp3) is 1.00. The van der Waals surface area contributed by atoms with Crippen molar-refractivity contribution < 1.29 is 10.2 Å². The van der Waals surface area contributed by atoms with E-state index in [4.69, 9.17) is 10.2 Å². The summed E-state index contributed by atoms with van der Waals surface area (Å²) in [7, 11) is 0. The third kappa shape index (κ3) is 10.7. The first-order chi connectivity index (χ1) is 5.06. The molecule has 2 N–H and O–H groups in total. The minimum Gasteiger partial charge on any atom is -0.358 e. The molecule has 0 aliphatic rings. The second kappa shape index (κ2) is 6.20. The van der Waals surface area contributed by atoms with Crippen LogP contribution < -0.4 is 0 Å². The van der Waals surface area contributed by atoms with E-state index in [1.807, 2.05) is 0 Å². The Morgan fingerprint density at radius 2 is 1.64 bits per heavy atom. The fourth-order valence-electron chi connectivity index (χ4n) is 0.953. The summed E-state index contributed by atoms with van der Waals surface area (Å²) in [5, 5.41) is 17.8. The molecule has 0 atom stereocenters. The van der Waals surface area contributed by atoms with Crippen molar-refractivity contribution >= 4 is 22.6 Å². The Morgan fingerprint density at radius 3 is 2.09 bits per heavy atom. The molecule has 0 unspecified atom stereocenters. The molecule has 0 saturated heterocycles. The first-order valence-electron chi connectivity index (χ1n) is 4.20. The predicted octanol–water partition coefficient (Wildman–Crippen LogP) is 2.42. The molecule has 0 amide bonds. The van der Waals surface area contributed by atoms with Crippen LogP contribution in [-0.4, -0.2) is 14.0 Å². The van der Waals surface area contributed by atoms with Gasteiger partial charge in [-0.3, -0.25) is 0 Å². The first kappa shape index (κ1) is 11.6. The zero-order valence-electron chi connectivity index (χ0n) is 7.02. The lowest BCUT2D eigenvalue weighted by molar-refractivity contribution is -0.0648. The molecule has 0 heterocycles. The zero-order chi connectivity index (χ0) is 8.74. The second-order valence-electron chi connectivity index (χ2n) is 2.88. The molecule has 0 aromatic rings. The number of unbranched alkanes of at least 4 members (excludes halogenated alkanes) is 4. The Balaban J connectivity index is 3.02. The van der Waals surface area contributed by atoms with Crippen molar-refractivity contribution in [1.82, 2.24) is 0 Å². The van der Waals surface area contributed by atoms with Crippen molar-refractivity contribution in [3.8, 4) is 0 Å². The Hall–Kier alpha value is 0.650. The lowest BCUT2D eigenvalue weighted by atomic mass is 10.1. The molecular weight excluding hydrogens is 255 g/mol. The van der Waals surface area contributed by atoms with Crippen LogP contribution in [0.25, 0.3) is 0 Å². The highest BCUT2D eigenvalue weighted by atomic mass is 127. The molecule has 0 aliphatic carbocycles. The smallest absolute Gasteiger partial charge is 0.216 e. The van der Waals surface area contributed by atoms with Gasteiger partial charge in [-0.2, -0.15) is 0 Å². The molecule has 0 aromatic heterocycles. The monoisotopic (exact) mass is 272 g/mol. The van der Waals surface area contributed by atoms with Crippen molar-refractivity contribution in [3.05, 3.63) is 0 Å². The quantitative estimate of drug-likeness (QED) is 0.337. The number of rotatable bonds is 6. The summed E-state index contributed by atoms with van der Waals surface area (Å²) < 4.78 is -1.48. The lowest BCUT2D eigenvalue weighted by Crippen LogP contribution is -2.17. The van der Waals surface area contributed by atoms with E-state index < -0.39 is 3.79 Å². The average molecular weight is 272 g/mol. The highest BCUT2D eigenvalue weighted by Gasteiger charge is 2.15. The molecular formula is C8H17IO2. The predicted molar refractivity (Wildman–Crippen MR) is 54.6 cm³/mol. The van der Waals surface area contributed by atoms with Gasteiger partial charge in [0.2, 0.25) is 3.79 Å². The SMILES string of the molecule is CCCCCCCC(O)(O)I. The van der Waals surface area contributed by atoms with Gasteiger partial charge >= 0.3 is 0 Å². The van der Waals surface area contributed by atoms with Crippen LogP contribution >= 0.6 is 22.6 Å². The summed E-state index contributed by atoms with van der Waals surface area (Å²) in [6, 6.07) is 0. The van der Waals surface area contributed by atoms with E-state index in [2.05, 4.69) is 6.92 Å². The number of alkyl halides is 1. The Kier molecular flexibility index (Phi) is 6.56. The van der Waals surface area contributed by atoms with Crippen LogP contribution in [-0.2, 0) is 0 Å². The minimum absolute atomic E-state index is 0.483. The van der Waals surface area contributed by atoms with E-state index in [1.54, 1.807) is 22.6 Å². The van der Waals surface area contributed by atoms with Crippen LogP contribution in [0.15, 0.2) is 0 Å². The topological polar surface area (TPSA) is 40.5 Å². The molecule has 2 nitrogen and oxygen atoms in total. The lowest BCUT2D eigenvalue weighted by Gasteiger charge is -2.12. The Bertz CT molecular complexity index is 88.6. The maximum Gasteiger partial charge on any atom is 0.216 e. The van der Waals surface area contributed by atoms with Gasteiger partial charge in [-0.05, 0) is 29.0 Å². The summed E-state index contributed by atoms with van der Waals surface area (Å²) in [5.41, 5.74) is 0. The largest absolute Gasteiger partial charge is 0.358 e. The fourth-order valence-corrected chi connectivity index (χ4v) is 1.33. The van der Waals surface area contributed by atoms with Gasteiger partial charge in [-0.15, -0.1) is 0 Å². The Labute approximate surface area is 82.1 Å². The van der Waals surface area contributed by atoms with Crippen LogP contribution in [0.5, 0.6) is 0 Å².